The summed E-state index contributed by atoms with van der Waals surface area (Å²) in [5.74, 6) is 3.71. The minimum atomic E-state index is -1.80. The third-order valence-corrected chi connectivity index (χ3v) is 12.7. The third-order valence-electron chi connectivity index (χ3n) is 12.7. The second-order valence-corrected chi connectivity index (χ2v) is 16.3. The van der Waals surface area contributed by atoms with Crippen LogP contribution in [0.2, 0.25) is 0 Å². The maximum absolute atomic E-state index is 15.6. The monoisotopic (exact) mass is 864 g/mol. The molecule has 65 heavy (non-hydrogen) atoms. The Hall–Kier alpha value is -7.63. The van der Waals surface area contributed by atoms with Gasteiger partial charge >= 0.3 is 5.97 Å². The predicted molar refractivity (Wildman–Crippen MR) is 241 cm³/mol. The van der Waals surface area contributed by atoms with Crippen molar-refractivity contribution in [2.45, 2.75) is 42.3 Å². The van der Waals surface area contributed by atoms with Gasteiger partial charge < -0.3 is 30.3 Å². The summed E-state index contributed by atoms with van der Waals surface area (Å²) in [6, 6.07) is 45.3. The molecule has 2 saturated heterocycles. The van der Waals surface area contributed by atoms with Crippen molar-refractivity contribution in [2.24, 2.45) is 5.92 Å². The van der Waals surface area contributed by atoms with Crippen LogP contribution in [0.5, 0.6) is 5.75 Å². The average Bonchev–Trinajstić information content (AvgIpc) is 4.00. The molecule has 4 heterocycles. The number of aliphatic hydroxyl groups is 2. The van der Waals surface area contributed by atoms with Crippen molar-refractivity contribution in [3.63, 3.8) is 0 Å². The highest BCUT2D eigenvalue weighted by Crippen LogP contribution is 2.65. The number of carbonyl (C=O) groups excluding carboxylic acids is 3. The largest absolute Gasteiger partial charge is 0.491 e. The number of nitrogens with one attached hydrogen (secondary N) is 2. The van der Waals surface area contributed by atoms with E-state index in [0.717, 1.165) is 22.2 Å². The van der Waals surface area contributed by atoms with Gasteiger partial charge in [0.05, 0.1) is 36.2 Å². The first-order valence-corrected chi connectivity index (χ1v) is 21.5. The molecule has 6 aromatic carbocycles. The number of ether oxygens (including phenoxy) is 2. The second kappa shape index (κ2) is 17.5. The number of para-hydroxylation sites is 1. The number of carbonyl (C=O) groups is 3. The number of morpholine rings is 1. The molecule has 2 fully saturated rings. The molecule has 3 aliphatic rings. The molecule has 2 amide bonds. The van der Waals surface area contributed by atoms with Crippen molar-refractivity contribution in [3.8, 4) is 17.6 Å². The second-order valence-electron chi connectivity index (χ2n) is 16.3. The van der Waals surface area contributed by atoms with Gasteiger partial charge in [0.15, 0.2) is 0 Å². The number of benzene rings is 6. The highest BCUT2D eigenvalue weighted by atomic mass is 16.6. The summed E-state index contributed by atoms with van der Waals surface area (Å²) < 4.78 is 14.2. The molecule has 1 aromatic heterocycles. The Balaban J connectivity index is 1.18. The van der Waals surface area contributed by atoms with Gasteiger partial charge in [-0.1, -0.05) is 132 Å². The first kappa shape index (κ1) is 41.4. The van der Waals surface area contributed by atoms with Crippen molar-refractivity contribution in [1.82, 2.24) is 25.2 Å². The van der Waals surface area contributed by atoms with E-state index in [0.29, 0.717) is 33.7 Å². The Labute approximate surface area is 374 Å². The smallest absolute Gasteiger partial charge is 0.324 e. The molecule has 0 aliphatic carbocycles. The van der Waals surface area contributed by atoms with Crippen LogP contribution in [0.1, 0.15) is 57.7 Å². The first-order valence-electron chi connectivity index (χ1n) is 21.5. The van der Waals surface area contributed by atoms with E-state index in [2.05, 4.69) is 32.8 Å². The molecule has 3 aliphatic heterocycles. The van der Waals surface area contributed by atoms with E-state index in [4.69, 9.17) is 9.47 Å². The quantitative estimate of drug-likeness (QED) is 0.0898. The Morgan fingerprint density at radius 2 is 1.54 bits per heavy atom. The van der Waals surface area contributed by atoms with Crippen LogP contribution in [-0.4, -0.2) is 73.7 Å². The fraction of sp³-hybridized carbons (Fsp3) is 0.212. The van der Waals surface area contributed by atoms with Crippen molar-refractivity contribution < 1.29 is 34.1 Å². The van der Waals surface area contributed by atoms with Crippen molar-refractivity contribution >= 4 is 34.5 Å². The summed E-state index contributed by atoms with van der Waals surface area (Å²) in [6.07, 6.45) is -1.94. The molecule has 0 bridgehead atoms. The van der Waals surface area contributed by atoms with E-state index in [1.807, 2.05) is 114 Å². The standard InChI is InChI=1S/C52H44N6O7/c59-28-29-64-38-22-12-21-37(31-38)48-52(39-30-33(25-26-40(39)54-51(52)63)14-13-27-57-42-24-11-10-23-41(42)55-56-57)44(49(61)53-32-43(60)34-15-4-1-5-16-34)46-50(62)65-47(36-19-8-3-9-20-36)45(58(46)48)35-17-6-2-7-18-35/h1-12,15-26,30-31,43-48,59-60H,27-29,32H2,(H,53,61)(H,54,63)/t43-,44+,45+,46+,47-,48-,52+/m0/s1. The lowest BCUT2D eigenvalue weighted by molar-refractivity contribution is -0.178. The third kappa shape index (κ3) is 7.37. The van der Waals surface area contributed by atoms with E-state index in [-0.39, 0.29) is 26.3 Å². The number of nitrogens with zero attached hydrogens (tertiary/aromatic N) is 4. The van der Waals surface area contributed by atoms with Crippen LogP contribution in [-0.2, 0) is 31.1 Å². The zero-order valence-electron chi connectivity index (χ0n) is 35.0. The molecule has 7 aromatic rings. The summed E-state index contributed by atoms with van der Waals surface area (Å²) in [5, 5.41) is 35.7. The van der Waals surface area contributed by atoms with Gasteiger partial charge in [0.2, 0.25) is 11.8 Å². The molecule has 13 nitrogen and oxygen atoms in total. The average molecular weight is 865 g/mol. The maximum atomic E-state index is 15.6. The summed E-state index contributed by atoms with van der Waals surface area (Å²) in [7, 11) is 0. The molecular weight excluding hydrogens is 821 g/mol. The van der Waals surface area contributed by atoms with Gasteiger partial charge in [-0.3, -0.25) is 19.3 Å². The number of amides is 2. The maximum Gasteiger partial charge on any atom is 0.324 e. The summed E-state index contributed by atoms with van der Waals surface area (Å²) >= 11 is 0. The highest BCUT2D eigenvalue weighted by molar-refractivity contribution is 6.12. The molecule has 0 radical (unpaired) electrons. The number of aromatic nitrogens is 3. The lowest BCUT2D eigenvalue weighted by Gasteiger charge is -2.46. The first-order chi connectivity index (χ1) is 31.9. The number of aliphatic hydroxyl groups excluding tert-OH is 2. The van der Waals surface area contributed by atoms with E-state index >= 15 is 14.4 Å². The molecule has 324 valence electrons. The molecule has 4 N–H and O–H groups in total. The van der Waals surface area contributed by atoms with Gasteiger partial charge in [-0.25, -0.2) is 4.68 Å². The molecule has 10 rings (SSSR count). The van der Waals surface area contributed by atoms with Crippen LogP contribution < -0.4 is 15.4 Å². The lowest BCUT2D eigenvalue weighted by atomic mass is 9.65. The van der Waals surface area contributed by atoms with Crippen LogP contribution in [0.15, 0.2) is 158 Å². The number of rotatable bonds is 11. The van der Waals surface area contributed by atoms with Gasteiger partial charge in [-0.2, -0.15) is 0 Å². The fourth-order valence-electron chi connectivity index (χ4n) is 9.96. The summed E-state index contributed by atoms with van der Waals surface area (Å²) in [4.78, 5) is 48.2. The number of cyclic esters (lactones) is 1. The number of hydrogen-bond donors (Lipinski definition) is 4. The normalized spacial score (nSPS) is 22.6. The van der Waals surface area contributed by atoms with Gasteiger partial charge in [-0.05, 0) is 70.3 Å². The van der Waals surface area contributed by atoms with Crippen LogP contribution in [0, 0.1) is 17.8 Å². The van der Waals surface area contributed by atoms with Crippen LogP contribution in [0.25, 0.3) is 11.0 Å². The Kier molecular flexibility index (Phi) is 11.1. The van der Waals surface area contributed by atoms with Crippen LogP contribution in [0.3, 0.4) is 0 Å². The van der Waals surface area contributed by atoms with E-state index in [1.165, 1.54) is 0 Å². The van der Waals surface area contributed by atoms with Crippen molar-refractivity contribution in [1.29, 1.82) is 0 Å². The Morgan fingerprint density at radius 1 is 0.831 bits per heavy atom. The predicted octanol–water partition coefficient (Wildman–Crippen LogP) is 5.97. The van der Waals surface area contributed by atoms with Crippen molar-refractivity contribution in [3.05, 3.63) is 191 Å². The Morgan fingerprint density at radius 3 is 2.31 bits per heavy atom. The van der Waals surface area contributed by atoms with Gasteiger partial charge in [0.1, 0.15) is 42.0 Å². The van der Waals surface area contributed by atoms with E-state index in [9.17, 15) is 10.2 Å². The Bertz CT molecular complexity index is 2950. The van der Waals surface area contributed by atoms with E-state index < -0.39 is 59.5 Å². The molecular formula is C52H44N6O7. The van der Waals surface area contributed by atoms with Crippen molar-refractivity contribution in [2.75, 3.05) is 25.1 Å². The molecule has 13 heteroatoms. The fourth-order valence-corrected chi connectivity index (χ4v) is 9.96. The van der Waals surface area contributed by atoms with Crippen LogP contribution in [0.4, 0.5) is 5.69 Å². The molecule has 0 saturated carbocycles. The minimum absolute atomic E-state index is 0.0190. The summed E-state index contributed by atoms with van der Waals surface area (Å²) in [6.45, 7) is -0.168. The molecule has 1 spiro atoms. The van der Waals surface area contributed by atoms with Gasteiger partial charge in [0, 0.05) is 17.8 Å². The van der Waals surface area contributed by atoms with E-state index in [1.54, 1.807) is 53.2 Å². The number of esters is 1. The molecule has 0 unspecified atom stereocenters. The van der Waals surface area contributed by atoms with Gasteiger partial charge in [0.25, 0.3) is 0 Å². The topological polar surface area (TPSA) is 168 Å². The lowest BCUT2D eigenvalue weighted by Crippen LogP contribution is -2.55. The zero-order chi connectivity index (χ0) is 44.5. The highest BCUT2D eigenvalue weighted by Gasteiger charge is 2.74. The summed E-state index contributed by atoms with van der Waals surface area (Å²) in [5.41, 5.74) is 3.99. The minimum Gasteiger partial charge on any atom is -0.491 e. The SMILES string of the molecule is O=C1O[C@@H](c2ccccc2)[C@@H](c2ccccc2)N2[C@@H](c3cccc(OCCO)c3)[C@]3(C(=O)Nc4ccc(C#CCn5nnc6ccccc65)cc43)[C@@H](C(=O)NC[C@H](O)c3ccccc3)[C@H]12. The number of anilines is 1. The van der Waals surface area contributed by atoms with Crippen LogP contribution >= 0.6 is 0 Å². The zero-order valence-corrected chi connectivity index (χ0v) is 35.0. The molecule has 7 atom stereocenters. The van der Waals surface area contributed by atoms with Gasteiger partial charge in [-0.15, -0.1) is 5.10 Å². The number of fused-ring (bicyclic) bond motifs is 4. The number of hydrogen-bond acceptors (Lipinski definition) is 10.